The third-order valence-corrected chi connectivity index (χ3v) is 3.69. The number of imidazole rings is 1. The lowest BCUT2D eigenvalue weighted by Crippen LogP contribution is -1.99. The number of nitro benzene ring substituents is 1. The molecule has 2 N–H and O–H groups in total. The van der Waals surface area contributed by atoms with E-state index in [2.05, 4.69) is 9.97 Å². The van der Waals surface area contributed by atoms with E-state index in [-0.39, 0.29) is 5.69 Å². The number of rotatable bonds is 2. The van der Waals surface area contributed by atoms with E-state index in [1.807, 2.05) is 34.9 Å². The molecule has 4 rings (SSSR count). The van der Waals surface area contributed by atoms with E-state index in [4.69, 9.17) is 5.73 Å². The van der Waals surface area contributed by atoms with Gasteiger partial charge in [-0.2, -0.15) is 0 Å². The maximum absolute atomic E-state index is 10.7. The first-order valence-corrected chi connectivity index (χ1v) is 6.91. The van der Waals surface area contributed by atoms with Gasteiger partial charge in [0.1, 0.15) is 0 Å². The van der Waals surface area contributed by atoms with Crippen LogP contribution in [0.3, 0.4) is 0 Å². The molecule has 2 heterocycles. The molecule has 0 aliphatic rings. The molecular weight excluding hydrogens is 294 g/mol. The van der Waals surface area contributed by atoms with Crippen LogP contribution >= 0.6 is 0 Å². The molecule has 7 nitrogen and oxygen atoms in total. The molecule has 7 heteroatoms. The monoisotopic (exact) mass is 305 g/mol. The molecular formula is C16H11N5O2. The molecule has 0 amide bonds. The van der Waals surface area contributed by atoms with Crippen molar-refractivity contribution in [2.45, 2.75) is 0 Å². The highest BCUT2D eigenvalue weighted by Gasteiger charge is 2.12. The Labute approximate surface area is 130 Å². The first-order chi connectivity index (χ1) is 11.1. The second kappa shape index (κ2) is 4.77. The van der Waals surface area contributed by atoms with Crippen molar-refractivity contribution in [2.75, 3.05) is 5.73 Å². The Balaban J connectivity index is 1.93. The van der Waals surface area contributed by atoms with E-state index in [1.54, 1.807) is 12.1 Å². The van der Waals surface area contributed by atoms with Gasteiger partial charge in [-0.3, -0.25) is 14.5 Å². The number of nitrogen functional groups attached to an aromatic ring is 1. The summed E-state index contributed by atoms with van der Waals surface area (Å²) in [4.78, 5) is 19.2. The molecule has 23 heavy (non-hydrogen) atoms. The van der Waals surface area contributed by atoms with Crippen LogP contribution in [0.4, 0.5) is 11.5 Å². The maximum atomic E-state index is 10.7. The summed E-state index contributed by atoms with van der Waals surface area (Å²) in [6.07, 6.45) is 1.84. The van der Waals surface area contributed by atoms with Crippen LogP contribution in [0.25, 0.3) is 27.9 Å². The van der Waals surface area contributed by atoms with Crippen LogP contribution in [-0.2, 0) is 0 Å². The fourth-order valence-corrected chi connectivity index (χ4v) is 2.58. The van der Waals surface area contributed by atoms with Crippen LogP contribution in [0.1, 0.15) is 0 Å². The normalized spacial score (nSPS) is 11.1. The van der Waals surface area contributed by atoms with Crippen molar-refractivity contribution >= 4 is 28.2 Å². The van der Waals surface area contributed by atoms with E-state index in [0.717, 1.165) is 16.6 Å². The van der Waals surface area contributed by atoms with Crippen LogP contribution in [-0.4, -0.2) is 19.3 Å². The number of anilines is 1. The highest BCUT2D eigenvalue weighted by atomic mass is 16.6. The SMILES string of the molecule is Nc1nc(-c2ccc([N+](=O)[O-])cc2)cn2c1nc1ccccc12. The number of hydrogen-bond donors (Lipinski definition) is 1. The second-order valence-corrected chi connectivity index (χ2v) is 5.11. The molecule has 0 fully saturated rings. The van der Waals surface area contributed by atoms with Gasteiger partial charge in [0.15, 0.2) is 11.5 Å². The van der Waals surface area contributed by atoms with Crippen LogP contribution in [0.2, 0.25) is 0 Å². The highest BCUT2D eigenvalue weighted by Crippen LogP contribution is 2.25. The van der Waals surface area contributed by atoms with Gasteiger partial charge in [0.05, 0.1) is 21.7 Å². The van der Waals surface area contributed by atoms with Gasteiger partial charge >= 0.3 is 0 Å². The zero-order valence-corrected chi connectivity index (χ0v) is 11.9. The lowest BCUT2D eigenvalue weighted by Gasteiger charge is -2.05. The highest BCUT2D eigenvalue weighted by molar-refractivity contribution is 5.84. The molecule has 2 aromatic heterocycles. The molecule has 0 atom stereocenters. The molecule has 0 radical (unpaired) electrons. The van der Waals surface area contributed by atoms with Crippen LogP contribution in [0.15, 0.2) is 54.7 Å². The Morgan fingerprint density at radius 2 is 1.78 bits per heavy atom. The zero-order valence-electron chi connectivity index (χ0n) is 11.9. The van der Waals surface area contributed by atoms with E-state index >= 15 is 0 Å². The van der Waals surface area contributed by atoms with Gasteiger partial charge in [-0.25, -0.2) is 9.97 Å². The number of nitrogens with zero attached hydrogens (tertiary/aromatic N) is 4. The third kappa shape index (κ3) is 2.06. The van der Waals surface area contributed by atoms with Crippen molar-refractivity contribution in [1.82, 2.24) is 14.4 Å². The summed E-state index contributed by atoms with van der Waals surface area (Å²) in [6.45, 7) is 0. The largest absolute Gasteiger partial charge is 0.381 e. The fourth-order valence-electron chi connectivity index (χ4n) is 2.58. The number of fused-ring (bicyclic) bond motifs is 3. The predicted octanol–water partition coefficient (Wildman–Crippen LogP) is 3.04. The number of hydrogen-bond acceptors (Lipinski definition) is 5. The molecule has 0 bridgehead atoms. The minimum absolute atomic E-state index is 0.0379. The number of non-ortho nitro benzene ring substituents is 1. The Morgan fingerprint density at radius 1 is 1.04 bits per heavy atom. The van der Waals surface area contributed by atoms with E-state index in [1.165, 1.54) is 12.1 Å². The number of aromatic nitrogens is 3. The van der Waals surface area contributed by atoms with Gasteiger partial charge < -0.3 is 5.73 Å². The van der Waals surface area contributed by atoms with Crippen molar-refractivity contribution in [3.8, 4) is 11.3 Å². The summed E-state index contributed by atoms with van der Waals surface area (Å²) in [7, 11) is 0. The smallest absolute Gasteiger partial charge is 0.269 e. The van der Waals surface area contributed by atoms with Crippen molar-refractivity contribution in [1.29, 1.82) is 0 Å². The number of nitrogens with two attached hydrogens (primary N) is 1. The summed E-state index contributed by atoms with van der Waals surface area (Å²) < 4.78 is 1.88. The molecule has 0 aliphatic heterocycles. The lowest BCUT2D eigenvalue weighted by molar-refractivity contribution is -0.384. The van der Waals surface area contributed by atoms with Gasteiger partial charge in [0, 0.05) is 23.9 Å². The Kier molecular flexibility index (Phi) is 2.74. The summed E-state index contributed by atoms with van der Waals surface area (Å²) >= 11 is 0. The molecule has 4 aromatic rings. The lowest BCUT2D eigenvalue weighted by atomic mass is 10.1. The summed E-state index contributed by atoms with van der Waals surface area (Å²) in [5, 5.41) is 10.7. The summed E-state index contributed by atoms with van der Waals surface area (Å²) in [5.41, 5.74) is 9.82. The molecule has 0 saturated carbocycles. The standard InChI is InChI=1S/C16H11N5O2/c17-15-16-19-12-3-1-2-4-14(12)20(16)9-13(18-15)10-5-7-11(8-6-10)21(22)23/h1-9H,(H2,17,18). The first kappa shape index (κ1) is 13.2. The third-order valence-electron chi connectivity index (χ3n) is 3.69. The zero-order chi connectivity index (χ0) is 16.0. The van der Waals surface area contributed by atoms with E-state index in [9.17, 15) is 10.1 Å². The average molecular weight is 305 g/mol. The Bertz CT molecular complexity index is 1050. The van der Waals surface area contributed by atoms with Crippen LogP contribution in [0.5, 0.6) is 0 Å². The summed E-state index contributed by atoms with van der Waals surface area (Å²) in [6, 6.07) is 13.9. The summed E-state index contributed by atoms with van der Waals surface area (Å²) in [5.74, 6) is 0.317. The van der Waals surface area contributed by atoms with Gasteiger partial charge in [-0.15, -0.1) is 0 Å². The van der Waals surface area contributed by atoms with Gasteiger partial charge in [-0.1, -0.05) is 12.1 Å². The van der Waals surface area contributed by atoms with Crippen molar-refractivity contribution in [3.63, 3.8) is 0 Å². The number of para-hydroxylation sites is 2. The van der Waals surface area contributed by atoms with Crippen LogP contribution < -0.4 is 5.73 Å². The molecule has 0 aliphatic carbocycles. The average Bonchev–Trinajstić information content (AvgIpc) is 2.94. The quantitative estimate of drug-likeness (QED) is 0.453. The van der Waals surface area contributed by atoms with E-state index in [0.29, 0.717) is 17.2 Å². The van der Waals surface area contributed by atoms with Crippen LogP contribution in [0, 0.1) is 10.1 Å². The molecule has 2 aromatic carbocycles. The van der Waals surface area contributed by atoms with Gasteiger partial charge in [0.25, 0.3) is 5.69 Å². The van der Waals surface area contributed by atoms with Crippen molar-refractivity contribution in [2.24, 2.45) is 0 Å². The Morgan fingerprint density at radius 3 is 2.52 bits per heavy atom. The number of benzene rings is 2. The molecule has 0 unspecified atom stereocenters. The number of nitro groups is 1. The topological polar surface area (TPSA) is 99.3 Å². The molecule has 0 saturated heterocycles. The molecule has 0 spiro atoms. The van der Waals surface area contributed by atoms with Crippen molar-refractivity contribution < 1.29 is 4.92 Å². The fraction of sp³-hybridized carbons (Fsp3) is 0. The minimum atomic E-state index is -0.432. The Hall–Kier alpha value is -3.48. The second-order valence-electron chi connectivity index (χ2n) is 5.11. The molecule has 112 valence electrons. The minimum Gasteiger partial charge on any atom is -0.381 e. The maximum Gasteiger partial charge on any atom is 0.269 e. The van der Waals surface area contributed by atoms with E-state index < -0.39 is 4.92 Å². The van der Waals surface area contributed by atoms with Crippen molar-refractivity contribution in [3.05, 3.63) is 64.8 Å². The predicted molar refractivity (Wildman–Crippen MR) is 87.0 cm³/mol. The van der Waals surface area contributed by atoms with Gasteiger partial charge in [0.2, 0.25) is 0 Å². The van der Waals surface area contributed by atoms with Gasteiger partial charge in [-0.05, 0) is 24.3 Å². The first-order valence-electron chi connectivity index (χ1n) is 6.91.